The number of carboxylic acids is 1. The van der Waals surface area contributed by atoms with Gasteiger partial charge in [0, 0.05) is 23.3 Å². The highest BCUT2D eigenvalue weighted by atomic mass is 16.4. The van der Waals surface area contributed by atoms with Crippen LogP contribution in [0.3, 0.4) is 0 Å². The molecule has 0 radical (unpaired) electrons. The Morgan fingerprint density at radius 2 is 1.77 bits per heavy atom. The minimum absolute atomic E-state index is 0.0439. The largest absolute Gasteiger partial charge is 0.481 e. The van der Waals surface area contributed by atoms with Gasteiger partial charge in [-0.15, -0.1) is 0 Å². The molecule has 4 nitrogen and oxygen atoms in total. The molecule has 3 aromatic rings. The Kier molecular flexibility index (Phi) is 3.61. The number of carboxylic acid groups (broad SMARTS) is 1. The molecule has 0 aliphatic carbocycles. The maximum Gasteiger partial charge on any atom is 0.308 e. The van der Waals surface area contributed by atoms with Crippen LogP contribution in [0, 0.1) is 5.92 Å². The van der Waals surface area contributed by atoms with Gasteiger partial charge in [-0.2, -0.15) is 0 Å². The monoisotopic (exact) mass is 346 g/mol. The van der Waals surface area contributed by atoms with Crippen molar-refractivity contribution in [3.8, 4) is 5.69 Å². The van der Waals surface area contributed by atoms with Crippen molar-refractivity contribution in [1.29, 1.82) is 0 Å². The molecular formula is C22H22N2O2. The van der Waals surface area contributed by atoms with Gasteiger partial charge in [-0.1, -0.05) is 36.4 Å². The summed E-state index contributed by atoms with van der Waals surface area (Å²) in [5.74, 6) is -1.01. The van der Waals surface area contributed by atoms with Gasteiger partial charge in [0.05, 0.1) is 17.5 Å². The van der Waals surface area contributed by atoms with Crippen LogP contribution in [0.5, 0.6) is 0 Å². The van der Waals surface area contributed by atoms with E-state index in [1.54, 1.807) is 0 Å². The van der Waals surface area contributed by atoms with Crippen molar-refractivity contribution >= 4 is 16.9 Å². The van der Waals surface area contributed by atoms with E-state index in [0.29, 0.717) is 0 Å². The molecule has 132 valence electrons. The molecule has 1 aromatic heterocycles. The zero-order valence-corrected chi connectivity index (χ0v) is 14.6. The second-order valence-corrected chi connectivity index (χ2v) is 7.37. The maximum atomic E-state index is 12.0. The molecule has 2 aliphatic heterocycles. The molecular weight excluding hydrogens is 324 g/mol. The van der Waals surface area contributed by atoms with Crippen molar-refractivity contribution in [3.05, 3.63) is 65.9 Å². The van der Waals surface area contributed by atoms with Gasteiger partial charge < -0.3 is 9.67 Å². The van der Waals surface area contributed by atoms with Crippen molar-refractivity contribution in [1.82, 2.24) is 9.47 Å². The average molecular weight is 346 g/mol. The van der Waals surface area contributed by atoms with Crippen LogP contribution in [0.2, 0.25) is 0 Å². The highest BCUT2D eigenvalue weighted by Crippen LogP contribution is 2.45. The predicted molar refractivity (Wildman–Crippen MR) is 102 cm³/mol. The number of fused-ring (bicyclic) bond motifs is 5. The van der Waals surface area contributed by atoms with Crippen molar-refractivity contribution in [2.24, 2.45) is 5.92 Å². The number of nitrogens with zero attached hydrogens (tertiary/aromatic N) is 2. The van der Waals surface area contributed by atoms with Crippen LogP contribution < -0.4 is 0 Å². The molecule has 2 aliphatic rings. The molecule has 0 bridgehead atoms. The molecule has 1 fully saturated rings. The number of piperidine rings is 1. The highest BCUT2D eigenvalue weighted by Gasteiger charge is 2.43. The molecule has 2 atom stereocenters. The van der Waals surface area contributed by atoms with Crippen molar-refractivity contribution in [3.63, 3.8) is 0 Å². The number of carbonyl (C=O) groups is 1. The number of rotatable bonds is 2. The summed E-state index contributed by atoms with van der Waals surface area (Å²) in [6.07, 6.45) is 2.71. The highest BCUT2D eigenvalue weighted by molar-refractivity contribution is 5.88. The topological polar surface area (TPSA) is 45.5 Å². The second kappa shape index (κ2) is 5.99. The fourth-order valence-electron chi connectivity index (χ4n) is 4.95. The average Bonchev–Trinajstić information content (AvgIpc) is 3.03. The fourth-order valence-corrected chi connectivity index (χ4v) is 4.95. The van der Waals surface area contributed by atoms with E-state index in [1.807, 2.05) is 18.2 Å². The van der Waals surface area contributed by atoms with Crippen LogP contribution >= 0.6 is 0 Å². The van der Waals surface area contributed by atoms with Gasteiger partial charge in [-0.3, -0.25) is 9.69 Å². The van der Waals surface area contributed by atoms with E-state index in [1.165, 1.54) is 22.2 Å². The van der Waals surface area contributed by atoms with E-state index in [4.69, 9.17) is 0 Å². The van der Waals surface area contributed by atoms with Gasteiger partial charge >= 0.3 is 5.97 Å². The number of benzene rings is 2. The summed E-state index contributed by atoms with van der Waals surface area (Å²) in [5, 5.41) is 11.2. The normalized spacial score (nSPS) is 22.8. The Hall–Kier alpha value is -2.59. The van der Waals surface area contributed by atoms with Gasteiger partial charge in [0.1, 0.15) is 0 Å². The molecule has 4 heteroatoms. The number of hydrogen-bond donors (Lipinski definition) is 1. The number of para-hydroxylation sites is 2. The van der Waals surface area contributed by atoms with Gasteiger partial charge in [0.15, 0.2) is 0 Å². The van der Waals surface area contributed by atoms with Crippen LogP contribution in [0.15, 0.2) is 54.6 Å². The van der Waals surface area contributed by atoms with Crippen LogP contribution in [0.1, 0.15) is 30.1 Å². The first kappa shape index (κ1) is 15.6. The maximum absolute atomic E-state index is 12.0. The Bertz CT molecular complexity index is 976. The van der Waals surface area contributed by atoms with Crippen LogP contribution in [0.25, 0.3) is 16.6 Å². The second-order valence-electron chi connectivity index (χ2n) is 7.37. The van der Waals surface area contributed by atoms with E-state index in [-0.39, 0.29) is 12.0 Å². The van der Waals surface area contributed by atoms with E-state index in [9.17, 15) is 9.90 Å². The molecule has 26 heavy (non-hydrogen) atoms. The lowest BCUT2D eigenvalue weighted by Crippen LogP contribution is -2.46. The molecule has 0 saturated carbocycles. The van der Waals surface area contributed by atoms with Crippen LogP contribution in [-0.4, -0.2) is 33.6 Å². The standard InChI is InChI=1S/C22H22N2O2/c25-22(26)18-10-6-13-23-14-12-17-16-9-4-5-11-19(16)24(21(17)20(18)23)15-7-2-1-3-8-15/h1-5,7-9,11,18,20H,6,10,12-14H2,(H,25,26). The molecule has 0 spiro atoms. The Balaban J connectivity index is 1.83. The number of aliphatic carboxylic acids is 1. The summed E-state index contributed by atoms with van der Waals surface area (Å²) in [4.78, 5) is 14.4. The predicted octanol–water partition coefficient (Wildman–Crippen LogP) is 4.02. The molecule has 3 heterocycles. The first-order valence-electron chi connectivity index (χ1n) is 9.40. The SMILES string of the molecule is O=C(O)C1CCCN2CCc3c(n(-c4ccccc4)c4ccccc34)C12. The molecule has 2 unspecified atom stereocenters. The third-order valence-corrected chi connectivity index (χ3v) is 6.02. The summed E-state index contributed by atoms with van der Waals surface area (Å²) in [7, 11) is 0. The van der Waals surface area contributed by atoms with Crippen LogP contribution in [0.4, 0.5) is 0 Å². The zero-order valence-electron chi connectivity index (χ0n) is 14.6. The van der Waals surface area contributed by atoms with Crippen molar-refractivity contribution in [2.45, 2.75) is 25.3 Å². The Morgan fingerprint density at radius 1 is 1.00 bits per heavy atom. The lowest BCUT2D eigenvalue weighted by atomic mass is 9.82. The number of hydrogen-bond acceptors (Lipinski definition) is 2. The molecule has 0 amide bonds. The smallest absolute Gasteiger partial charge is 0.308 e. The van der Waals surface area contributed by atoms with E-state index in [2.05, 4.69) is 45.9 Å². The first-order chi connectivity index (χ1) is 12.8. The first-order valence-corrected chi connectivity index (χ1v) is 9.40. The summed E-state index contributed by atoms with van der Waals surface area (Å²) >= 11 is 0. The lowest BCUT2D eigenvalue weighted by Gasteiger charge is -2.43. The van der Waals surface area contributed by atoms with Crippen molar-refractivity contribution < 1.29 is 9.90 Å². The minimum atomic E-state index is -0.669. The third-order valence-electron chi connectivity index (χ3n) is 6.02. The Labute approximate surface area is 152 Å². The molecule has 1 saturated heterocycles. The Morgan fingerprint density at radius 3 is 2.58 bits per heavy atom. The molecule has 2 aromatic carbocycles. The quantitative estimate of drug-likeness (QED) is 0.762. The third kappa shape index (κ3) is 2.22. The summed E-state index contributed by atoms with van der Waals surface area (Å²) in [6.45, 7) is 1.94. The lowest BCUT2D eigenvalue weighted by molar-refractivity contribution is -0.146. The fraction of sp³-hybridized carbons (Fsp3) is 0.318. The molecule has 1 N–H and O–H groups in total. The zero-order chi connectivity index (χ0) is 17.7. The van der Waals surface area contributed by atoms with E-state index < -0.39 is 5.97 Å². The minimum Gasteiger partial charge on any atom is -0.481 e. The van der Waals surface area contributed by atoms with Gasteiger partial charge in [0.25, 0.3) is 0 Å². The summed E-state index contributed by atoms with van der Waals surface area (Å²) < 4.78 is 2.31. The summed E-state index contributed by atoms with van der Waals surface area (Å²) in [5.41, 5.74) is 4.82. The van der Waals surface area contributed by atoms with Gasteiger partial charge in [-0.25, -0.2) is 0 Å². The van der Waals surface area contributed by atoms with Gasteiger partial charge in [-0.05, 0) is 49.6 Å². The van der Waals surface area contributed by atoms with E-state index in [0.717, 1.165) is 38.0 Å². The van der Waals surface area contributed by atoms with E-state index >= 15 is 0 Å². The number of aromatic nitrogens is 1. The molecule has 5 rings (SSSR count). The van der Waals surface area contributed by atoms with Crippen LogP contribution in [-0.2, 0) is 11.2 Å². The summed E-state index contributed by atoms with van der Waals surface area (Å²) in [6, 6.07) is 18.8. The van der Waals surface area contributed by atoms with Gasteiger partial charge in [0.2, 0.25) is 0 Å². The van der Waals surface area contributed by atoms with Crippen molar-refractivity contribution in [2.75, 3.05) is 13.1 Å².